The molecule has 3 heterocycles. The number of nitrogens with zero attached hydrogens (tertiary/aromatic N) is 1. The Labute approximate surface area is 97.3 Å². The van der Waals surface area contributed by atoms with Gasteiger partial charge in [0.25, 0.3) is 0 Å². The van der Waals surface area contributed by atoms with Gasteiger partial charge in [0.15, 0.2) is 5.79 Å². The van der Waals surface area contributed by atoms with Crippen LogP contribution in [0.1, 0.15) is 25.7 Å². The molecule has 0 aromatic rings. The van der Waals surface area contributed by atoms with Gasteiger partial charge in [-0.05, 0) is 19.4 Å². The highest BCUT2D eigenvalue weighted by Crippen LogP contribution is 2.31. The van der Waals surface area contributed by atoms with E-state index in [1.807, 2.05) is 0 Å². The van der Waals surface area contributed by atoms with E-state index < -0.39 is 0 Å². The van der Waals surface area contributed by atoms with Gasteiger partial charge < -0.3 is 19.7 Å². The van der Waals surface area contributed by atoms with Gasteiger partial charge in [-0.3, -0.25) is 0 Å². The lowest BCUT2D eigenvalue weighted by Gasteiger charge is -2.38. The topological polar surface area (TPSA) is 33.7 Å². The zero-order chi connectivity index (χ0) is 10.8. The van der Waals surface area contributed by atoms with Crippen LogP contribution >= 0.6 is 0 Å². The number of likely N-dealkylation sites (tertiary alicyclic amines) is 1. The highest BCUT2D eigenvalue weighted by atomic mass is 16.7. The van der Waals surface area contributed by atoms with E-state index in [2.05, 4.69) is 10.2 Å². The van der Waals surface area contributed by atoms with Crippen molar-refractivity contribution in [3.63, 3.8) is 0 Å². The van der Waals surface area contributed by atoms with E-state index in [4.69, 9.17) is 9.47 Å². The summed E-state index contributed by atoms with van der Waals surface area (Å²) in [5, 5.41) is 3.56. The molecular formula is C12H22N2O2. The summed E-state index contributed by atoms with van der Waals surface area (Å²) in [7, 11) is 0. The highest BCUT2D eigenvalue weighted by Gasteiger charge is 2.39. The number of nitrogens with one attached hydrogen (secondary N) is 1. The second-order valence-corrected chi connectivity index (χ2v) is 5.20. The first-order chi connectivity index (χ1) is 7.86. The first kappa shape index (κ1) is 11.0. The Kier molecular flexibility index (Phi) is 3.16. The van der Waals surface area contributed by atoms with Crippen LogP contribution in [-0.4, -0.2) is 56.1 Å². The lowest BCUT2D eigenvalue weighted by molar-refractivity contribution is -0.185. The number of rotatable bonds is 2. The van der Waals surface area contributed by atoms with Gasteiger partial charge in [-0.15, -0.1) is 0 Å². The largest absolute Gasteiger partial charge is 0.347 e. The Hall–Kier alpha value is -0.160. The van der Waals surface area contributed by atoms with E-state index >= 15 is 0 Å². The summed E-state index contributed by atoms with van der Waals surface area (Å²) in [4.78, 5) is 2.55. The van der Waals surface area contributed by atoms with Gasteiger partial charge in [-0.2, -0.15) is 0 Å². The molecule has 0 bridgehead atoms. The predicted octanol–water partition coefficient (Wildman–Crippen LogP) is 0.577. The van der Waals surface area contributed by atoms with Crippen molar-refractivity contribution >= 4 is 0 Å². The van der Waals surface area contributed by atoms with Crippen molar-refractivity contribution in [3.8, 4) is 0 Å². The van der Waals surface area contributed by atoms with Crippen molar-refractivity contribution in [3.05, 3.63) is 0 Å². The molecule has 0 aliphatic carbocycles. The van der Waals surface area contributed by atoms with Crippen LogP contribution in [0.25, 0.3) is 0 Å². The maximum absolute atomic E-state index is 5.74. The molecule has 1 atom stereocenters. The maximum atomic E-state index is 5.74. The summed E-state index contributed by atoms with van der Waals surface area (Å²) in [6, 6.07) is 0.722. The van der Waals surface area contributed by atoms with Crippen LogP contribution in [-0.2, 0) is 9.47 Å². The Morgan fingerprint density at radius 1 is 1.19 bits per heavy atom. The van der Waals surface area contributed by atoms with Crippen LogP contribution < -0.4 is 5.32 Å². The van der Waals surface area contributed by atoms with Crippen LogP contribution in [0.2, 0.25) is 0 Å². The van der Waals surface area contributed by atoms with Gasteiger partial charge >= 0.3 is 0 Å². The highest BCUT2D eigenvalue weighted by molar-refractivity contribution is 4.85. The zero-order valence-corrected chi connectivity index (χ0v) is 9.91. The van der Waals surface area contributed by atoms with Gasteiger partial charge in [0.2, 0.25) is 0 Å². The Morgan fingerprint density at radius 3 is 2.56 bits per heavy atom. The molecule has 4 heteroatoms. The van der Waals surface area contributed by atoms with E-state index in [0.717, 1.165) is 45.2 Å². The molecule has 0 radical (unpaired) electrons. The molecule has 3 aliphatic heterocycles. The first-order valence-electron chi connectivity index (χ1n) is 6.60. The number of hydrogen-bond donors (Lipinski definition) is 1. The molecule has 1 spiro atoms. The SMILES string of the molecule is C1CN[C@@H](CN2CCC3(CC2)OCCO3)C1. The van der Waals surface area contributed by atoms with Crippen molar-refractivity contribution in [2.45, 2.75) is 37.5 Å². The van der Waals surface area contributed by atoms with Crippen molar-refractivity contribution in [1.29, 1.82) is 0 Å². The van der Waals surface area contributed by atoms with Crippen molar-refractivity contribution in [1.82, 2.24) is 10.2 Å². The Morgan fingerprint density at radius 2 is 1.94 bits per heavy atom. The lowest BCUT2D eigenvalue weighted by Crippen LogP contribution is -2.48. The van der Waals surface area contributed by atoms with Gasteiger partial charge in [0.05, 0.1) is 13.2 Å². The number of hydrogen-bond acceptors (Lipinski definition) is 4. The van der Waals surface area contributed by atoms with E-state index in [1.165, 1.54) is 25.9 Å². The van der Waals surface area contributed by atoms with E-state index in [1.54, 1.807) is 0 Å². The maximum Gasteiger partial charge on any atom is 0.170 e. The summed E-state index contributed by atoms with van der Waals surface area (Å²) in [6.45, 7) is 6.22. The summed E-state index contributed by atoms with van der Waals surface area (Å²) < 4.78 is 11.5. The monoisotopic (exact) mass is 226 g/mol. The molecule has 0 amide bonds. The van der Waals surface area contributed by atoms with Gasteiger partial charge in [-0.1, -0.05) is 0 Å². The molecule has 0 aromatic heterocycles. The van der Waals surface area contributed by atoms with Crippen LogP contribution in [0, 0.1) is 0 Å². The number of ether oxygens (including phenoxy) is 2. The third-order valence-corrected chi connectivity index (χ3v) is 4.07. The van der Waals surface area contributed by atoms with Gasteiger partial charge in [-0.25, -0.2) is 0 Å². The third-order valence-electron chi connectivity index (χ3n) is 4.07. The summed E-state index contributed by atoms with van der Waals surface area (Å²) in [5.74, 6) is -0.209. The third kappa shape index (κ3) is 2.25. The Bertz CT molecular complexity index is 225. The molecular weight excluding hydrogens is 204 g/mol. The molecule has 3 aliphatic rings. The van der Waals surface area contributed by atoms with E-state index in [9.17, 15) is 0 Å². The smallest absolute Gasteiger partial charge is 0.170 e. The van der Waals surface area contributed by atoms with Gasteiger partial charge in [0, 0.05) is 38.5 Å². The Balaban J connectivity index is 1.46. The molecule has 1 N–H and O–H groups in total. The fourth-order valence-corrected chi connectivity index (χ4v) is 3.09. The van der Waals surface area contributed by atoms with E-state index in [0.29, 0.717) is 0 Å². The second-order valence-electron chi connectivity index (χ2n) is 5.20. The van der Waals surface area contributed by atoms with Crippen molar-refractivity contribution in [2.24, 2.45) is 0 Å². The predicted molar refractivity (Wildman–Crippen MR) is 61.3 cm³/mol. The lowest BCUT2D eigenvalue weighted by atomic mass is 10.0. The fourth-order valence-electron chi connectivity index (χ4n) is 3.09. The van der Waals surface area contributed by atoms with Crippen LogP contribution in [0.15, 0.2) is 0 Å². The average Bonchev–Trinajstić information content (AvgIpc) is 2.94. The minimum Gasteiger partial charge on any atom is -0.347 e. The molecule has 3 rings (SSSR count). The summed E-state index contributed by atoms with van der Waals surface area (Å²) >= 11 is 0. The molecule has 0 unspecified atom stereocenters. The average molecular weight is 226 g/mol. The molecule has 4 nitrogen and oxygen atoms in total. The van der Waals surface area contributed by atoms with Crippen molar-refractivity contribution in [2.75, 3.05) is 39.4 Å². The van der Waals surface area contributed by atoms with Crippen LogP contribution in [0.5, 0.6) is 0 Å². The standard InChI is InChI=1S/C12H22N2O2/c1-2-11(13-5-1)10-14-6-3-12(4-7-14)15-8-9-16-12/h11,13H,1-10H2/t11-/m1/s1. The first-order valence-corrected chi connectivity index (χ1v) is 6.60. The number of piperidine rings is 1. The summed E-state index contributed by atoms with van der Waals surface area (Å²) in [6.07, 6.45) is 4.77. The molecule has 0 aromatic carbocycles. The minimum absolute atomic E-state index is 0.209. The molecule has 16 heavy (non-hydrogen) atoms. The zero-order valence-electron chi connectivity index (χ0n) is 9.91. The van der Waals surface area contributed by atoms with E-state index in [-0.39, 0.29) is 5.79 Å². The molecule has 0 saturated carbocycles. The fraction of sp³-hybridized carbons (Fsp3) is 1.00. The molecule has 3 fully saturated rings. The molecule has 92 valence electrons. The van der Waals surface area contributed by atoms with Crippen LogP contribution in [0.4, 0.5) is 0 Å². The minimum atomic E-state index is -0.209. The van der Waals surface area contributed by atoms with Crippen molar-refractivity contribution < 1.29 is 9.47 Å². The van der Waals surface area contributed by atoms with Crippen LogP contribution in [0.3, 0.4) is 0 Å². The summed E-state index contributed by atoms with van der Waals surface area (Å²) in [5.41, 5.74) is 0. The van der Waals surface area contributed by atoms with Gasteiger partial charge in [0.1, 0.15) is 0 Å². The molecule has 3 saturated heterocycles. The second kappa shape index (κ2) is 4.61. The quantitative estimate of drug-likeness (QED) is 0.747. The normalized spacial score (nSPS) is 34.9.